The van der Waals surface area contributed by atoms with Gasteiger partial charge in [0.25, 0.3) is 5.56 Å². The van der Waals surface area contributed by atoms with Crippen LogP contribution in [-0.2, 0) is 6.61 Å². The summed E-state index contributed by atoms with van der Waals surface area (Å²) in [7, 11) is 1.60. The predicted molar refractivity (Wildman–Crippen MR) is 124 cm³/mol. The highest BCUT2D eigenvalue weighted by Crippen LogP contribution is 2.29. The normalized spacial score (nSPS) is 12.0. The molecule has 2 aromatic heterocycles. The number of nitrogens with zero attached hydrogens (tertiary/aromatic N) is 2. The number of fused-ring (bicyclic) bond motifs is 3. The van der Waals surface area contributed by atoms with Crippen molar-refractivity contribution >= 4 is 45.0 Å². The molecule has 31 heavy (non-hydrogen) atoms. The van der Waals surface area contributed by atoms with Gasteiger partial charge in [0, 0.05) is 5.02 Å². The lowest BCUT2D eigenvalue weighted by Gasteiger charge is -2.11. The summed E-state index contributed by atoms with van der Waals surface area (Å²) in [6.45, 7) is 0.399. The number of hydrogen-bond donors (Lipinski definition) is 0. The minimum absolute atomic E-state index is 0.0734. The Kier molecular flexibility index (Phi) is 5.10. The highest BCUT2D eigenvalue weighted by atomic mass is 35.5. The Hall–Kier alpha value is -3.35. The van der Waals surface area contributed by atoms with Gasteiger partial charge in [0.05, 0.1) is 22.7 Å². The van der Waals surface area contributed by atoms with E-state index in [1.54, 1.807) is 11.5 Å². The van der Waals surface area contributed by atoms with E-state index in [2.05, 4.69) is 4.98 Å². The number of ether oxygens (including phenoxy) is 2. The first kappa shape index (κ1) is 19.6. The molecular weight excluding hydrogens is 432 g/mol. The zero-order valence-corrected chi connectivity index (χ0v) is 18.1. The Bertz CT molecular complexity index is 1510. The highest BCUT2D eigenvalue weighted by molar-refractivity contribution is 7.15. The lowest BCUT2D eigenvalue weighted by molar-refractivity contribution is 0.284. The van der Waals surface area contributed by atoms with Gasteiger partial charge in [-0.1, -0.05) is 53.3 Å². The van der Waals surface area contributed by atoms with Crippen molar-refractivity contribution in [2.45, 2.75) is 6.61 Å². The van der Waals surface area contributed by atoms with Crippen LogP contribution < -0.4 is 19.6 Å². The van der Waals surface area contributed by atoms with Crippen molar-refractivity contribution in [3.8, 4) is 11.5 Å². The third-order valence-corrected chi connectivity index (χ3v) is 6.16. The maximum Gasteiger partial charge on any atom is 0.274 e. The number of hydrogen-bond acceptors (Lipinski definition) is 5. The van der Waals surface area contributed by atoms with Gasteiger partial charge in [-0.05, 0) is 53.6 Å². The zero-order valence-electron chi connectivity index (χ0n) is 16.5. The Morgan fingerprint density at radius 1 is 1.06 bits per heavy atom. The summed E-state index contributed by atoms with van der Waals surface area (Å²) in [5, 5.41) is 0.688. The first-order chi connectivity index (χ1) is 15.1. The van der Waals surface area contributed by atoms with E-state index in [0.717, 1.165) is 22.2 Å². The van der Waals surface area contributed by atoms with Crippen LogP contribution >= 0.6 is 22.9 Å². The molecule has 0 atom stereocenters. The van der Waals surface area contributed by atoms with Gasteiger partial charge < -0.3 is 9.47 Å². The highest BCUT2D eigenvalue weighted by Gasteiger charge is 2.11. The van der Waals surface area contributed by atoms with Crippen molar-refractivity contribution in [3.63, 3.8) is 0 Å². The maximum absolute atomic E-state index is 12.9. The number of aromatic nitrogens is 2. The molecule has 0 aliphatic rings. The molecule has 0 aliphatic carbocycles. The number of para-hydroxylation sites is 2. The summed E-state index contributed by atoms with van der Waals surface area (Å²) in [6.07, 6.45) is 1.85. The van der Waals surface area contributed by atoms with Gasteiger partial charge >= 0.3 is 0 Å². The standard InChI is InChI=1S/C24H17ClN2O3S/c1-29-21-12-16(8-11-20(21)30-14-15-6-9-17(25)10-7-15)13-22-23(28)27-19-5-3-2-4-18(19)26-24(27)31-22/h2-13H,14H2,1H3/b22-13+. The van der Waals surface area contributed by atoms with Crippen LogP contribution in [0.3, 0.4) is 0 Å². The van der Waals surface area contributed by atoms with Gasteiger partial charge in [0.2, 0.25) is 0 Å². The smallest absolute Gasteiger partial charge is 0.274 e. The van der Waals surface area contributed by atoms with Crippen LogP contribution in [0, 0.1) is 0 Å². The minimum atomic E-state index is -0.0734. The molecule has 0 amide bonds. The molecule has 2 heterocycles. The van der Waals surface area contributed by atoms with Crippen LogP contribution in [0.5, 0.6) is 11.5 Å². The molecule has 5 nitrogen and oxygen atoms in total. The summed E-state index contributed by atoms with van der Waals surface area (Å²) in [5.41, 5.74) is 3.42. The maximum atomic E-state index is 12.9. The van der Waals surface area contributed by atoms with E-state index < -0.39 is 0 Å². The van der Waals surface area contributed by atoms with E-state index in [0.29, 0.717) is 32.6 Å². The molecular formula is C24H17ClN2O3S. The lowest BCUT2D eigenvalue weighted by Crippen LogP contribution is -2.22. The molecule has 0 radical (unpaired) electrons. The van der Waals surface area contributed by atoms with Gasteiger partial charge in [0.15, 0.2) is 16.5 Å². The van der Waals surface area contributed by atoms with E-state index in [9.17, 15) is 4.79 Å². The van der Waals surface area contributed by atoms with Crippen LogP contribution in [0.2, 0.25) is 5.02 Å². The van der Waals surface area contributed by atoms with E-state index in [-0.39, 0.29) is 5.56 Å². The second-order valence-electron chi connectivity index (χ2n) is 6.96. The lowest BCUT2D eigenvalue weighted by atomic mass is 10.2. The van der Waals surface area contributed by atoms with Crippen LogP contribution in [0.1, 0.15) is 11.1 Å². The minimum Gasteiger partial charge on any atom is -0.493 e. The number of rotatable bonds is 5. The Balaban J connectivity index is 1.46. The molecule has 154 valence electrons. The zero-order chi connectivity index (χ0) is 21.4. The second kappa shape index (κ2) is 8.06. The van der Waals surface area contributed by atoms with Crippen molar-refractivity contribution in [3.05, 3.63) is 97.8 Å². The number of imidazole rings is 1. The fraction of sp³-hybridized carbons (Fsp3) is 0.0833. The van der Waals surface area contributed by atoms with Gasteiger partial charge in [-0.15, -0.1) is 0 Å². The summed E-state index contributed by atoms with van der Waals surface area (Å²) in [4.78, 5) is 18.2. The van der Waals surface area contributed by atoms with Gasteiger partial charge in [-0.2, -0.15) is 0 Å². The van der Waals surface area contributed by atoms with E-state index >= 15 is 0 Å². The monoisotopic (exact) mass is 448 g/mol. The van der Waals surface area contributed by atoms with Crippen molar-refractivity contribution in [2.75, 3.05) is 7.11 Å². The van der Waals surface area contributed by atoms with E-state index in [1.807, 2.05) is 72.8 Å². The average molecular weight is 449 g/mol. The summed E-state index contributed by atoms with van der Waals surface area (Å²) in [5.74, 6) is 1.23. The van der Waals surface area contributed by atoms with Crippen molar-refractivity contribution in [2.24, 2.45) is 0 Å². The molecule has 3 aromatic carbocycles. The van der Waals surface area contributed by atoms with Gasteiger partial charge in [-0.3, -0.25) is 4.79 Å². The third-order valence-electron chi connectivity index (χ3n) is 4.94. The SMILES string of the molecule is COc1cc(/C=c2/sc3nc4ccccc4n3c2=O)ccc1OCc1ccc(Cl)cc1. The van der Waals surface area contributed by atoms with Crippen LogP contribution in [0.25, 0.3) is 22.1 Å². The van der Waals surface area contributed by atoms with Crippen molar-refractivity contribution in [1.29, 1.82) is 0 Å². The van der Waals surface area contributed by atoms with E-state index in [4.69, 9.17) is 21.1 Å². The van der Waals surface area contributed by atoms with Crippen LogP contribution in [-0.4, -0.2) is 16.5 Å². The topological polar surface area (TPSA) is 52.8 Å². The number of methoxy groups -OCH3 is 1. The first-order valence-corrected chi connectivity index (χ1v) is 10.8. The van der Waals surface area contributed by atoms with Crippen LogP contribution in [0.4, 0.5) is 0 Å². The first-order valence-electron chi connectivity index (χ1n) is 9.59. The molecule has 0 saturated heterocycles. The number of halogens is 1. The molecule has 0 unspecified atom stereocenters. The summed E-state index contributed by atoms with van der Waals surface area (Å²) < 4.78 is 13.7. The Morgan fingerprint density at radius 2 is 1.87 bits per heavy atom. The molecule has 5 aromatic rings. The second-order valence-corrected chi connectivity index (χ2v) is 8.41. The number of benzene rings is 3. The Morgan fingerprint density at radius 3 is 2.68 bits per heavy atom. The molecule has 0 fully saturated rings. The molecule has 5 rings (SSSR count). The van der Waals surface area contributed by atoms with Gasteiger partial charge in [0.1, 0.15) is 6.61 Å². The van der Waals surface area contributed by atoms with Crippen LogP contribution in [0.15, 0.2) is 71.5 Å². The largest absolute Gasteiger partial charge is 0.493 e. The van der Waals surface area contributed by atoms with Gasteiger partial charge in [-0.25, -0.2) is 9.38 Å². The Labute approximate surface area is 186 Å². The molecule has 0 bridgehead atoms. The quantitative estimate of drug-likeness (QED) is 0.391. The molecule has 0 aliphatic heterocycles. The summed E-state index contributed by atoms with van der Waals surface area (Å²) >= 11 is 7.30. The summed E-state index contributed by atoms with van der Waals surface area (Å²) in [6, 6.07) is 20.7. The van der Waals surface area contributed by atoms with Crippen molar-refractivity contribution < 1.29 is 9.47 Å². The molecule has 0 saturated carbocycles. The molecule has 7 heteroatoms. The third kappa shape index (κ3) is 3.76. The molecule has 0 spiro atoms. The number of thiazole rings is 1. The van der Waals surface area contributed by atoms with E-state index in [1.165, 1.54) is 11.3 Å². The predicted octanol–water partition coefficient (Wildman–Crippen LogP) is 4.70. The fourth-order valence-electron chi connectivity index (χ4n) is 3.40. The average Bonchev–Trinajstić information content (AvgIpc) is 3.30. The van der Waals surface area contributed by atoms with Crippen molar-refractivity contribution in [1.82, 2.24) is 9.38 Å². The fourth-order valence-corrected chi connectivity index (χ4v) is 4.51. The molecule has 0 N–H and O–H groups in total.